The van der Waals surface area contributed by atoms with Gasteiger partial charge in [-0.2, -0.15) is 0 Å². The summed E-state index contributed by atoms with van der Waals surface area (Å²) < 4.78 is 7.32. The lowest BCUT2D eigenvalue weighted by atomic mass is 9.97. The van der Waals surface area contributed by atoms with E-state index in [9.17, 15) is 4.79 Å². The van der Waals surface area contributed by atoms with Gasteiger partial charge in [-0.25, -0.2) is 0 Å². The van der Waals surface area contributed by atoms with Crippen molar-refractivity contribution >= 4 is 40.7 Å². The van der Waals surface area contributed by atoms with Crippen LogP contribution in [0.15, 0.2) is 28.7 Å². The van der Waals surface area contributed by atoms with Crippen LogP contribution in [0.3, 0.4) is 0 Å². The molecule has 1 heterocycles. The van der Waals surface area contributed by atoms with Crippen LogP contribution in [0.2, 0.25) is 25.7 Å². The van der Waals surface area contributed by atoms with E-state index >= 15 is 0 Å². The summed E-state index contributed by atoms with van der Waals surface area (Å²) in [6.45, 7) is 7.08. The summed E-state index contributed by atoms with van der Waals surface area (Å²) in [5.41, 5.74) is 1.87. The minimum Gasteiger partial charge on any atom is -0.489 e. The molecule has 1 unspecified atom stereocenters. The number of benzene rings is 2. The fraction of sp³-hybridized carbons (Fsp3) is 0.421. The Morgan fingerprint density at radius 1 is 1.29 bits per heavy atom. The maximum atomic E-state index is 12.7. The van der Waals surface area contributed by atoms with E-state index in [1.807, 2.05) is 6.07 Å². The van der Waals surface area contributed by atoms with Crippen molar-refractivity contribution in [2.75, 3.05) is 14.1 Å². The average molecular weight is 406 g/mol. The smallest absolute Gasteiger partial charge is 0.257 e. The Bertz CT molecular complexity index is 811. The molecule has 1 aliphatic heterocycles. The Morgan fingerprint density at radius 3 is 2.62 bits per heavy atom. The minimum absolute atomic E-state index is 0.00165. The van der Waals surface area contributed by atoms with Crippen LogP contribution in [0.4, 0.5) is 0 Å². The van der Waals surface area contributed by atoms with Crippen molar-refractivity contribution in [1.82, 2.24) is 4.90 Å². The summed E-state index contributed by atoms with van der Waals surface area (Å²) in [6, 6.07) is 9.34. The summed E-state index contributed by atoms with van der Waals surface area (Å²) in [4.78, 5) is 14.3. The molecule has 0 spiro atoms. The predicted octanol–water partition coefficient (Wildman–Crippen LogP) is 4.95. The minimum atomic E-state index is -1.23. The van der Waals surface area contributed by atoms with Crippen molar-refractivity contribution in [1.29, 1.82) is 0 Å². The second-order valence-electron chi connectivity index (χ2n) is 8.01. The molecule has 2 aromatic rings. The van der Waals surface area contributed by atoms with Crippen LogP contribution in [0.5, 0.6) is 5.75 Å². The highest BCUT2D eigenvalue weighted by molar-refractivity contribution is 9.10. The van der Waals surface area contributed by atoms with E-state index in [1.165, 1.54) is 10.9 Å². The topological polar surface area (TPSA) is 29.5 Å². The first-order valence-electron chi connectivity index (χ1n) is 8.29. The maximum Gasteiger partial charge on any atom is 0.257 e. The standard InChI is InChI=1S/C19H24BrNO2Si/c1-21(2)19(22)17-9-12-8-13(20)6-7-15(12)16-10-14(23-18(16)17)11-24(3,4)5/h6-9,14H,10-11H2,1-5H3. The van der Waals surface area contributed by atoms with E-state index in [-0.39, 0.29) is 12.0 Å². The molecule has 0 fully saturated rings. The van der Waals surface area contributed by atoms with Gasteiger partial charge in [0.1, 0.15) is 11.9 Å². The molecule has 0 N–H and O–H groups in total. The molecule has 0 aromatic heterocycles. The van der Waals surface area contributed by atoms with Crippen LogP contribution in [0.1, 0.15) is 15.9 Å². The van der Waals surface area contributed by atoms with Gasteiger partial charge in [0.05, 0.1) is 5.56 Å². The van der Waals surface area contributed by atoms with Crippen LogP contribution in [0.25, 0.3) is 10.8 Å². The van der Waals surface area contributed by atoms with E-state index in [1.54, 1.807) is 19.0 Å². The largest absolute Gasteiger partial charge is 0.489 e. The lowest BCUT2D eigenvalue weighted by Crippen LogP contribution is -2.29. The number of amides is 1. The van der Waals surface area contributed by atoms with Crippen molar-refractivity contribution in [3.63, 3.8) is 0 Å². The number of nitrogens with zero attached hydrogens (tertiary/aromatic N) is 1. The predicted molar refractivity (Wildman–Crippen MR) is 106 cm³/mol. The van der Waals surface area contributed by atoms with Crippen LogP contribution in [0, 0.1) is 0 Å². The molecular formula is C19H24BrNO2Si. The van der Waals surface area contributed by atoms with Gasteiger partial charge in [0.15, 0.2) is 0 Å². The van der Waals surface area contributed by atoms with Gasteiger partial charge in [0.25, 0.3) is 5.91 Å². The number of ether oxygens (including phenoxy) is 1. The molecule has 1 atom stereocenters. The fourth-order valence-corrected chi connectivity index (χ4v) is 5.38. The van der Waals surface area contributed by atoms with Gasteiger partial charge >= 0.3 is 0 Å². The quantitative estimate of drug-likeness (QED) is 0.676. The summed E-state index contributed by atoms with van der Waals surface area (Å²) in [5, 5.41) is 2.28. The van der Waals surface area contributed by atoms with E-state index in [4.69, 9.17) is 4.74 Å². The van der Waals surface area contributed by atoms with Crippen molar-refractivity contribution in [2.24, 2.45) is 0 Å². The zero-order valence-electron chi connectivity index (χ0n) is 14.9. The van der Waals surface area contributed by atoms with Crippen LogP contribution in [-0.2, 0) is 6.42 Å². The van der Waals surface area contributed by atoms with Crippen LogP contribution >= 0.6 is 15.9 Å². The summed E-state index contributed by atoms with van der Waals surface area (Å²) in [5.74, 6) is 0.800. The number of halogens is 1. The first-order valence-corrected chi connectivity index (χ1v) is 12.8. The van der Waals surface area contributed by atoms with Crippen LogP contribution in [-0.4, -0.2) is 39.1 Å². The van der Waals surface area contributed by atoms with Gasteiger partial charge in [-0.1, -0.05) is 41.6 Å². The molecule has 0 saturated heterocycles. The Hall–Kier alpha value is -1.33. The van der Waals surface area contributed by atoms with Crippen molar-refractivity contribution < 1.29 is 9.53 Å². The Kier molecular flexibility index (Phi) is 4.51. The van der Waals surface area contributed by atoms with E-state index in [2.05, 4.69) is 53.8 Å². The highest BCUT2D eigenvalue weighted by atomic mass is 79.9. The summed E-state index contributed by atoms with van der Waals surface area (Å²) in [7, 11) is 2.34. The molecule has 5 heteroatoms. The number of hydrogen-bond donors (Lipinski definition) is 0. The van der Waals surface area contributed by atoms with E-state index in [0.717, 1.165) is 28.1 Å². The molecule has 0 saturated carbocycles. The van der Waals surface area contributed by atoms with Crippen molar-refractivity contribution in [3.8, 4) is 5.75 Å². The number of fused-ring (bicyclic) bond motifs is 3. The van der Waals surface area contributed by atoms with Gasteiger partial charge in [-0.05, 0) is 35.0 Å². The lowest BCUT2D eigenvalue weighted by molar-refractivity contribution is 0.0823. The van der Waals surface area contributed by atoms with Crippen LogP contribution < -0.4 is 4.74 Å². The molecule has 1 amide bonds. The average Bonchev–Trinajstić information content (AvgIpc) is 2.86. The summed E-state index contributed by atoms with van der Waals surface area (Å²) >= 11 is 3.53. The van der Waals surface area contributed by atoms with Gasteiger partial charge in [0, 0.05) is 38.6 Å². The Labute approximate surface area is 153 Å². The SMILES string of the molecule is CN(C)C(=O)c1cc2cc(Br)ccc2c2c1OC(C[Si](C)(C)C)C2. The van der Waals surface area contributed by atoms with Gasteiger partial charge in [-0.15, -0.1) is 0 Å². The fourth-order valence-electron chi connectivity index (χ4n) is 3.40. The Morgan fingerprint density at radius 2 is 2.00 bits per heavy atom. The normalized spacial score (nSPS) is 16.8. The number of hydrogen-bond acceptors (Lipinski definition) is 2. The molecule has 0 bridgehead atoms. The highest BCUT2D eigenvalue weighted by Gasteiger charge is 2.33. The molecule has 1 aliphatic rings. The monoisotopic (exact) mass is 405 g/mol. The molecule has 128 valence electrons. The summed E-state index contributed by atoms with van der Waals surface area (Å²) in [6.07, 6.45) is 1.08. The third-order valence-corrected chi connectivity index (χ3v) is 6.52. The highest BCUT2D eigenvalue weighted by Crippen LogP contribution is 2.41. The third kappa shape index (κ3) is 3.38. The third-order valence-electron chi connectivity index (χ3n) is 4.35. The Balaban J connectivity index is 2.14. The van der Waals surface area contributed by atoms with Crippen molar-refractivity contribution in [2.45, 2.75) is 38.2 Å². The number of carbonyl (C=O) groups is 1. The molecule has 0 aliphatic carbocycles. The number of carbonyl (C=O) groups excluding carboxylic acids is 1. The second-order valence-corrected chi connectivity index (χ2v) is 14.5. The van der Waals surface area contributed by atoms with E-state index in [0.29, 0.717) is 5.56 Å². The first-order chi connectivity index (χ1) is 11.2. The molecule has 3 nitrogen and oxygen atoms in total. The zero-order valence-corrected chi connectivity index (χ0v) is 17.5. The number of rotatable bonds is 3. The molecule has 0 radical (unpaired) electrons. The van der Waals surface area contributed by atoms with Gasteiger partial charge in [0.2, 0.25) is 0 Å². The van der Waals surface area contributed by atoms with Crippen molar-refractivity contribution in [3.05, 3.63) is 39.9 Å². The second kappa shape index (κ2) is 6.19. The molecular weight excluding hydrogens is 382 g/mol. The van der Waals surface area contributed by atoms with E-state index < -0.39 is 8.07 Å². The lowest BCUT2D eigenvalue weighted by Gasteiger charge is -2.21. The van der Waals surface area contributed by atoms with Gasteiger partial charge < -0.3 is 9.64 Å². The first kappa shape index (κ1) is 17.5. The van der Waals surface area contributed by atoms with Gasteiger partial charge in [-0.3, -0.25) is 4.79 Å². The zero-order chi connectivity index (χ0) is 17.6. The molecule has 2 aromatic carbocycles. The maximum absolute atomic E-state index is 12.7. The molecule has 24 heavy (non-hydrogen) atoms. The molecule has 3 rings (SSSR count).